The highest BCUT2D eigenvalue weighted by atomic mass is 35.5. The van der Waals surface area contributed by atoms with E-state index in [2.05, 4.69) is 20.2 Å². The highest BCUT2D eigenvalue weighted by Crippen LogP contribution is 2.39. The van der Waals surface area contributed by atoms with E-state index < -0.39 is 11.7 Å². The van der Waals surface area contributed by atoms with Gasteiger partial charge in [0.2, 0.25) is 5.91 Å². The maximum absolute atomic E-state index is 13.7. The average Bonchev–Trinajstić information content (AvgIpc) is 3.42. The second-order valence-electron chi connectivity index (χ2n) is 10.3. The minimum absolute atomic E-state index is 0. The number of anilines is 1. The summed E-state index contributed by atoms with van der Waals surface area (Å²) in [7, 11) is 0. The fourth-order valence-corrected chi connectivity index (χ4v) is 5.30. The van der Waals surface area contributed by atoms with Gasteiger partial charge in [-0.2, -0.15) is 13.2 Å². The second kappa shape index (κ2) is 14.0. The third-order valence-corrected chi connectivity index (χ3v) is 7.52. The van der Waals surface area contributed by atoms with Gasteiger partial charge >= 0.3 is 6.18 Å². The first-order chi connectivity index (χ1) is 19.1. The zero-order valence-electron chi connectivity index (χ0n) is 23.1. The molecule has 0 radical (unpaired) electrons. The minimum atomic E-state index is -4.45. The largest absolute Gasteiger partial charge is 0.416 e. The number of piperazine rings is 1. The molecule has 1 amide bonds. The van der Waals surface area contributed by atoms with Crippen LogP contribution in [0.25, 0.3) is 22.2 Å². The number of pyridine rings is 1. The summed E-state index contributed by atoms with van der Waals surface area (Å²) in [6.07, 6.45) is -1.05. The van der Waals surface area contributed by atoms with E-state index >= 15 is 0 Å². The SMILES string of the molecule is CC(C)NCC(C(=O)N1CCN(c2c(-c3cccc(C(F)(F)F)c3)cnc3[nH]ccc23)CC1)c1ccc(Cl)cc1.Cl.Cl. The van der Waals surface area contributed by atoms with Crippen molar-refractivity contribution < 1.29 is 18.0 Å². The monoisotopic (exact) mass is 641 g/mol. The molecule has 1 unspecified atom stereocenters. The molecule has 1 atom stereocenters. The van der Waals surface area contributed by atoms with Crippen molar-refractivity contribution in [3.63, 3.8) is 0 Å². The van der Waals surface area contributed by atoms with Gasteiger partial charge in [0.1, 0.15) is 5.65 Å². The van der Waals surface area contributed by atoms with Crippen molar-refractivity contribution >= 4 is 59.0 Å². The third-order valence-electron chi connectivity index (χ3n) is 7.27. The van der Waals surface area contributed by atoms with Gasteiger partial charge in [-0.05, 0) is 41.5 Å². The molecular formula is C30H33Cl3F3N5O. The molecule has 3 heterocycles. The molecular weight excluding hydrogens is 610 g/mol. The third kappa shape index (κ3) is 7.32. The van der Waals surface area contributed by atoms with E-state index in [0.29, 0.717) is 54.5 Å². The first kappa shape index (κ1) is 33.5. The van der Waals surface area contributed by atoms with Gasteiger partial charge in [0.05, 0.1) is 17.2 Å². The van der Waals surface area contributed by atoms with Crippen molar-refractivity contribution in [1.82, 2.24) is 20.2 Å². The van der Waals surface area contributed by atoms with E-state index in [1.165, 1.54) is 6.07 Å². The van der Waals surface area contributed by atoms with Crippen LogP contribution in [0.5, 0.6) is 0 Å². The second-order valence-corrected chi connectivity index (χ2v) is 10.8. The van der Waals surface area contributed by atoms with Crippen molar-refractivity contribution in [2.45, 2.75) is 32.0 Å². The van der Waals surface area contributed by atoms with E-state index in [-0.39, 0.29) is 42.7 Å². The predicted octanol–water partition coefficient (Wildman–Crippen LogP) is 7.18. The van der Waals surface area contributed by atoms with E-state index in [4.69, 9.17) is 11.6 Å². The Balaban J connectivity index is 0.00000242. The number of aromatic amines is 1. The quantitative estimate of drug-likeness (QED) is 0.224. The summed E-state index contributed by atoms with van der Waals surface area (Å²) in [5, 5.41) is 4.83. The van der Waals surface area contributed by atoms with Crippen LogP contribution < -0.4 is 10.2 Å². The standard InChI is InChI=1S/C30H31ClF3N5O.2ClH/c1-19(2)36-18-26(20-6-8-23(31)9-7-20)29(40)39-14-12-38(13-15-39)27-24-10-11-35-28(24)37-17-25(27)21-4-3-5-22(16-21)30(32,33)34;;/h3-11,16-17,19,26,36H,12-15,18H2,1-2H3,(H,35,37);2*1H. The van der Waals surface area contributed by atoms with E-state index in [9.17, 15) is 18.0 Å². The number of nitrogens with one attached hydrogen (secondary N) is 2. The number of halogens is 6. The maximum atomic E-state index is 13.7. The molecule has 12 heteroatoms. The van der Waals surface area contributed by atoms with Crippen LogP contribution in [0.2, 0.25) is 5.02 Å². The zero-order chi connectivity index (χ0) is 28.4. The van der Waals surface area contributed by atoms with Crippen molar-refractivity contribution in [1.29, 1.82) is 0 Å². The number of amides is 1. The van der Waals surface area contributed by atoms with E-state index in [1.807, 2.05) is 36.9 Å². The fraction of sp³-hybridized carbons (Fsp3) is 0.333. The van der Waals surface area contributed by atoms with Crippen LogP contribution >= 0.6 is 36.4 Å². The number of alkyl halides is 3. The van der Waals surface area contributed by atoms with Gasteiger partial charge in [-0.15, -0.1) is 24.8 Å². The number of H-pyrrole nitrogens is 1. The molecule has 1 saturated heterocycles. The number of benzene rings is 2. The minimum Gasteiger partial charge on any atom is -0.367 e. The van der Waals surface area contributed by atoms with Gasteiger partial charge in [0.15, 0.2) is 0 Å². The molecule has 6 nitrogen and oxygen atoms in total. The van der Waals surface area contributed by atoms with Gasteiger partial charge in [-0.25, -0.2) is 4.98 Å². The number of hydrogen-bond donors (Lipinski definition) is 2. The lowest BCUT2D eigenvalue weighted by Crippen LogP contribution is -2.51. The van der Waals surface area contributed by atoms with Crippen LogP contribution in [-0.4, -0.2) is 59.5 Å². The molecule has 0 spiro atoms. The number of fused-ring (bicyclic) bond motifs is 1. The topological polar surface area (TPSA) is 64.3 Å². The fourth-order valence-electron chi connectivity index (χ4n) is 5.18. The zero-order valence-corrected chi connectivity index (χ0v) is 25.5. The van der Waals surface area contributed by atoms with Crippen LogP contribution in [0.1, 0.15) is 30.9 Å². The highest BCUT2D eigenvalue weighted by Gasteiger charge is 2.32. The molecule has 226 valence electrons. The highest BCUT2D eigenvalue weighted by molar-refractivity contribution is 6.30. The van der Waals surface area contributed by atoms with Gasteiger partial charge in [-0.1, -0.05) is 49.7 Å². The molecule has 0 aliphatic carbocycles. The normalized spacial score (nSPS) is 14.5. The van der Waals surface area contributed by atoms with Gasteiger partial charge < -0.3 is 20.1 Å². The van der Waals surface area contributed by atoms with Crippen LogP contribution in [0, 0.1) is 0 Å². The molecule has 1 fully saturated rings. The van der Waals surface area contributed by atoms with Crippen LogP contribution in [0.4, 0.5) is 18.9 Å². The summed E-state index contributed by atoms with van der Waals surface area (Å²) in [4.78, 5) is 25.3. The lowest BCUT2D eigenvalue weighted by Gasteiger charge is -2.38. The summed E-state index contributed by atoms with van der Waals surface area (Å²) >= 11 is 6.09. The first-order valence-electron chi connectivity index (χ1n) is 13.3. The molecule has 1 aliphatic rings. The molecule has 2 aromatic heterocycles. The number of hydrogen-bond acceptors (Lipinski definition) is 4. The van der Waals surface area contributed by atoms with E-state index in [1.54, 1.807) is 30.6 Å². The molecule has 4 aromatic rings. The van der Waals surface area contributed by atoms with Crippen molar-refractivity contribution in [2.24, 2.45) is 0 Å². The van der Waals surface area contributed by atoms with Gasteiger partial charge in [0.25, 0.3) is 0 Å². The molecule has 5 rings (SSSR count). The molecule has 2 aromatic carbocycles. The van der Waals surface area contributed by atoms with Crippen molar-refractivity contribution in [2.75, 3.05) is 37.6 Å². The molecule has 1 aliphatic heterocycles. The molecule has 2 N–H and O–H groups in total. The Bertz CT molecular complexity index is 1490. The Hall–Kier alpha value is -2.98. The lowest BCUT2D eigenvalue weighted by atomic mass is 9.96. The maximum Gasteiger partial charge on any atom is 0.416 e. The summed E-state index contributed by atoms with van der Waals surface area (Å²) in [5.74, 6) is -0.320. The number of rotatable bonds is 7. The van der Waals surface area contributed by atoms with Crippen LogP contribution in [0.3, 0.4) is 0 Å². The van der Waals surface area contributed by atoms with Crippen LogP contribution in [-0.2, 0) is 11.0 Å². The Kier molecular flexibility index (Phi) is 11.2. The summed E-state index contributed by atoms with van der Waals surface area (Å²) in [6, 6.07) is 14.8. The Morgan fingerprint density at radius 1 is 1.05 bits per heavy atom. The Labute approximate surface area is 260 Å². The molecule has 42 heavy (non-hydrogen) atoms. The molecule has 0 bridgehead atoms. The Morgan fingerprint density at radius 3 is 2.38 bits per heavy atom. The van der Waals surface area contributed by atoms with E-state index in [0.717, 1.165) is 28.8 Å². The van der Waals surface area contributed by atoms with Gasteiger partial charge in [0, 0.05) is 67.1 Å². The Morgan fingerprint density at radius 2 is 1.74 bits per heavy atom. The van der Waals surface area contributed by atoms with Crippen LogP contribution in [0.15, 0.2) is 67.0 Å². The average molecular weight is 643 g/mol. The van der Waals surface area contributed by atoms with Crippen molar-refractivity contribution in [3.8, 4) is 11.1 Å². The summed E-state index contributed by atoms with van der Waals surface area (Å²) < 4.78 is 40.5. The number of carbonyl (C=O) groups excluding carboxylic acids is 1. The molecule has 0 saturated carbocycles. The predicted molar refractivity (Wildman–Crippen MR) is 167 cm³/mol. The summed E-state index contributed by atoms with van der Waals surface area (Å²) in [6.45, 7) is 6.63. The first-order valence-corrected chi connectivity index (χ1v) is 13.7. The number of aromatic nitrogens is 2. The lowest BCUT2D eigenvalue weighted by molar-refractivity contribution is -0.137. The number of carbonyl (C=O) groups is 1. The summed E-state index contributed by atoms with van der Waals surface area (Å²) in [5.41, 5.74) is 2.74. The van der Waals surface area contributed by atoms with Gasteiger partial charge in [-0.3, -0.25) is 4.79 Å². The number of nitrogens with zero attached hydrogens (tertiary/aromatic N) is 3. The smallest absolute Gasteiger partial charge is 0.367 e. The van der Waals surface area contributed by atoms with Crippen molar-refractivity contribution in [3.05, 3.63) is 83.1 Å².